The number of hydrogen-bond donors (Lipinski definition) is 0. The molecule has 1 aliphatic heterocycles. The van der Waals surface area contributed by atoms with Crippen LogP contribution in [-0.4, -0.2) is 48.4 Å². The molecule has 0 bridgehead atoms. The number of fused-ring (bicyclic) bond motifs is 1. The van der Waals surface area contributed by atoms with Crippen molar-refractivity contribution in [2.24, 2.45) is 0 Å². The van der Waals surface area contributed by atoms with Gasteiger partial charge in [0.25, 0.3) is 5.91 Å². The van der Waals surface area contributed by atoms with Crippen molar-refractivity contribution >= 4 is 27.9 Å². The van der Waals surface area contributed by atoms with Gasteiger partial charge in [-0.25, -0.2) is 0 Å². The van der Waals surface area contributed by atoms with Crippen molar-refractivity contribution in [3.8, 4) is 5.75 Å². The van der Waals surface area contributed by atoms with Crippen LogP contribution in [0.5, 0.6) is 5.75 Å². The molecular weight excluding hydrogens is 474 g/mol. The lowest BCUT2D eigenvalue weighted by Gasteiger charge is -2.44. The van der Waals surface area contributed by atoms with Crippen molar-refractivity contribution < 1.29 is 23.2 Å². The smallest absolute Gasteiger partial charge is 0.306 e. The summed E-state index contributed by atoms with van der Waals surface area (Å²) in [4.78, 5) is 27.2. The summed E-state index contributed by atoms with van der Waals surface area (Å²) in [6, 6.07) is 17.4. The predicted octanol–water partition coefficient (Wildman–Crippen LogP) is 6.27. The summed E-state index contributed by atoms with van der Waals surface area (Å²) in [5.41, 5.74) is 1.79. The molecule has 1 aliphatic rings. The quantitative estimate of drug-likeness (QED) is 0.246. The number of nitrogens with zero attached hydrogens (tertiary/aromatic N) is 1. The van der Waals surface area contributed by atoms with E-state index in [0.717, 1.165) is 36.3 Å². The second-order valence-electron chi connectivity index (χ2n) is 10.5. The highest BCUT2D eigenvalue weighted by Crippen LogP contribution is 2.53. The second-order valence-corrected chi connectivity index (χ2v) is 14.4. The molecule has 0 spiro atoms. The lowest BCUT2D eigenvalue weighted by Crippen LogP contribution is -2.46. The first kappa shape index (κ1) is 28.1. The maximum absolute atomic E-state index is 13.3. The van der Waals surface area contributed by atoms with Crippen molar-refractivity contribution in [1.29, 1.82) is 0 Å². The molecule has 2 aromatic rings. The molecule has 7 heteroatoms. The molecule has 1 heterocycles. The SMILES string of the molecule is CC(C)(C)S(C)(C)OCCC1Oc2ccccc2N(CCCCCC(=O)OCc2ccccc2)C1=O. The van der Waals surface area contributed by atoms with Gasteiger partial charge in [0.15, 0.2) is 6.10 Å². The largest absolute Gasteiger partial charge is 0.478 e. The predicted molar refractivity (Wildman–Crippen MR) is 148 cm³/mol. The third kappa shape index (κ3) is 7.74. The maximum atomic E-state index is 13.3. The van der Waals surface area contributed by atoms with Crippen LogP contribution in [0.1, 0.15) is 58.4 Å². The number of anilines is 1. The van der Waals surface area contributed by atoms with Gasteiger partial charge in [-0.2, -0.15) is 0 Å². The topological polar surface area (TPSA) is 65.1 Å². The second kappa shape index (κ2) is 12.6. The molecule has 0 aromatic heterocycles. The Morgan fingerprint density at radius 2 is 1.69 bits per heavy atom. The Balaban J connectivity index is 1.47. The number of hydrogen-bond acceptors (Lipinski definition) is 5. The van der Waals surface area contributed by atoms with Gasteiger partial charge >= 0.3 is 5.97 Å². The van der Waals surface area contributed by atoms with Gasteiger partial charge in [0, 0.05) is 24.1 Å². The average Bonchev–Trinajstić information content (AvgIpc) is 2.84. The highest BCUT2D eigenvalue weighted by atomic mass is 32.3. The average molecular weight is 516 g/mol. The molecule has 1 unspecified atom stereocenters. The molecule has 0 fully saturated rings. The molecule has 36 heavy (non-hydrogen) atoms. The Hall–Kier alpha value is -2.51. The summed E-state index contributed by atoms with van der Waals surface area (Å²) in [5, 5.41) is 0. The maximum Gasteiger partial charge on any atom is 0.306 e. The van der Waals surface area contributed by atoms with Crippen LogP contribution in [0.15, 0.2) is 54.6 Å². The van der Waals surface area contributed by atoms with Crippen molar-refractivity contribution in [2.45, 2.75) is 70.3 Å². The molecule has 0 aliphatic carbocycles. The highest BCUT2D eigenvalue weighted by Gasteiger charge is 2.35. The van der Waals surface area contributed by atoms with E-state index in [2.05, 4.69) is 33.3 Å². The Kier molecular flexibility index (Phi) is 9.85. The van der Waals surface area contributed by atoms with Crippen molar-refractivity contribution in [3.63, 3.8) is 0 Å². The molecule has 198 valence electrons. The molecule has 0 N–H and O–H groups in total. The van der Waals surface area contributed by atoms with Gasteiger partial charge in [-0.05, 0) is 43.0 Å². The van der Waals surface area contributed by atoms with E-state index in [1.807, 2.05) is 59.5 Å². The summed E-state index contributed by atoms with van der Waals surface area (Å²) in [7, 11) is -1.26. The Morgan fingerprint density at radius 1 is 1.00 bits per heavy atom. The van der Waals surface area contributed by atoms with Gasteiger partial charge in [0.1, 0.15) is 12.4 Å². The lowest BCUT2D eigenvalue weighted by molar-refractivity contribution is -0.145. The van der Waals surface area contributed by atoms with Gasteiger partial charge in [-0.3, -0.25) is 9.59 Å². The van der Waals surface area contributed by atoms with Gasteiger partial charge in [-0.1, -0.05) is 69.7 Å². The van der Waals surface area contributed by atoms with Crippen LogP contribution in [0.25, 0.3) is 0 Å². The van der Waals surface area contributed by atoms with E-state index >= 15 is 0 Å². The number of para-hydroxylation sites is 2. The van der Waals surface area contributed by atoms with Gasteiger partial charge in [-0.15, -0.1) is 10.3 Å². The van der Waals surface area contributed by atoms with E-state index in [9.17, 15) is 9.59 Å². The van der Waals surface area contributed by atoms with Crippen molar-refractivity contribution in [3.05, 3.63) is 60.2 Å². The van der Waals surface area contributed by atoms with Crippen LogP contribution in [0, 0.1) is 0 Å². The number of carbonyl (C=O) groups excluding carboxylic acids is 2. The van der Waals surface area contributed by atoms with Gasteiger partial charge in [0.05, 0.1) is 12.3 Å². The fraction of sp³-hybridized carbons (Fsp3) is 0.517. The van der Waals surface area contributed by atoms with Crippen molar-refractivity contribution in [1.82, 2.24) is 0 Å². The van der Waals surface area contributed by atoms with Gasteiger partial charge in [0.2, 0.25) is 0 Å². The Bertz CT molecular complexity index is 1000. The minimum absolute atomic E-state index is 0.0249. The Morgan fingerprint density at radius 3 is 2.42 bits per heavy atom. The number of benzene rings is 2. The molecule has 2 aromatic carbocycles. The molecule has 1 atom stereocenters. The summed E-state index contributed by atoms with van der Waals surface area (Å²) >= 11 is 0. The lowest BCUT2D eigenvalue weighted by atomic mass is 10.1. The fourth-order valence-corrected chi connectivity index (χ4v) is 4.62. The Labute approximate surface area is 217 Å². The van der Waals surface area contributed by atoms with E-state index in [1.165, 1.54) is 0 Å². The standard InChI is InChI=1S/C29H41NO5S/c1-29(2,3)36(4,5)34-21-19-26-28(32)30(24-16-11-12-17-25(24)35-26)20-13-7-10-18-27(31)33-22-23-14-8-6-9-15-23/h6,8-9,11-12,14-17,26H,7,10,13,18-22H2,1-5H3. The summed E-state index contributed by atoms with van der Waals surface area (Å²) < 4.78 is 17.7. The van der Waals surface area contributed by atoms with E-state index < -0.39 is 16.4 Å². The molecular formula is C29H41NO5S. The number of carbonyl (C=O) groups is 2. The zero-order valence-electron chi connectivity index (χ0n) is 22.3. The van der Waals surface area contributed by atoms with Gasteiger partial charge < -0.3 is 18.6 Å². The first-order valence-corrected chi connectivity index (χ1v) is 15.1. The number of esters is 1. The van der Waals surface area contributed by atoms with E-state index in [4.69, 9.17) is 13.7 Å². The number of ether oxygens (including phenoxy) is 2. The van der Waals surface area contributed by atoms with Crippen LogP contribution in [0.2, 0.25) is 0 Å². The first-order valence-electron chi connectivity index (χ1n) is 12.7. The minimum Gasteiger partial charge on any atom is -0.478 e. The molecule has 0 saturated heterocycles. The summed E-state index contributed by atoms with van der Waals surface area (Å²) in [6.07, 6.45) is 7.04. The van der Waals surface area contributed by atoms with Crippen LogP contribution in [0.3, 0.4) is 0 Å². The molecule has 0 radical (unpaired) electrons. The number of unbranched alkanes of at least 4 members (excludes halogenated alkanes) is 2. The molecule has 1 amide bonds. The third-order valence-electron chi connectivity index (χ3n) is 6.70. The van der Waals surface area contributed by atoms with Crippen LogP contribution >= 0.6 is 10.3 Å². The minimum atomic E-state index is -1.26. The van der Waals surface area contributed by atoms with Crippen LogP contribution in [0.4, 0.5) is 5.69 Å². The molecule has 6 nitrogen and oxygen atoms in total. The molecule has 0 saturated carbocycles. The van der Waals surface area contributed by atoms with E-state index in [0.29, 0.717) is 32.6 Å². The van der Waals surface area contributed by atoms with E-state index in [-0.39, 0.29) is 16.6 Å². The molecule has 3 rings (SSSR count). The zero-order valence-corrected chi connectivity index (χ0v) is 23.1. The monoisotopic (exact) mass is 515 g/mol. The zero-order chi connectivity index (χ0) is 26.2. The summed E-state index contributed by atoms with van der Waals surface area (Å²) in [5.74, 6) is 0.518. The van der Waals surface area contributed by atoms with E-state index in [1.54, 1.807) is 0 Å². The highest BCUT2D eigenvalue weighted by molar-refractivity contribution is 8.29. The normalized spacial score (nSPS) is 16.3. The number of rotatable bonds is 12. The number of amides is 1. The van der Waals surface area contributed by atoms with Crippen molar-refractivity contribution in [2.75, 3.05) is 30.6 Å². The van der Waals surface area contributed by atoms with Crippen LogP contribution in [-0.2, 0) is 25.1 Å². The van der Waals surface area contributed by atoms with Crippen LogP contribution < -0.4 is 9.64 Å². The first-order chi connectivity index (χ1) is 17.1. The summed E-state index contributed by atoms with van der Waals surface area (Å²) in [6.45, 7) is 7.94. The fourth-order valence-electron chi connectivity index (χ4n) is 3.76. The third-order valence-corrected chi connectivity index (χ3v) is 10.4.